The standard InChI is InChI=1S/C34H37FN8O3/c1-34(2,3)22-15-21-18-36-43(33(46)31(21)25(35)16-22)29-8-6-7-23(24(29)19-44)27-17-28(32(45)42(5)40-27)37-30-10-9-26(38-39-30)20-11-13-41(4)14-12-20/h6-10,15-18,20,44H,11-14,19H2,1-5H3,(H,37,39). The van der Waals surface area contributed by atoms with Gasteiger partial charge in [-0.1, -0.05) is 32.9 Å². The van der Waals surface area contributed by atoms with E-state index in [2.05, 4.69) is 37.7 Å². The van der Waals surface area contributed by atoms with Crippen molar-refractivity contribution in [3.8, 4) is 16.9 Å². The molecule has 238 valence electrons. The summed E-state index contributed by atoms with van der Waals surface area (Å²) in [6.45, 7) is 7.46. The zero-order valence-electron chi connectivity index (χ0n) is 26.6. The minimum absolute atomic E-state index is 0.0908. The number of hydrogen-bond acceptors (Lipinski definition) is 9. The summed E-state index contributed by atoms with van der Waals surface area (Å²) in [4.78, 5) is 29.0. The molecule has 0 saturated carbocycles. The Morgan fingerprint density at radius 3 is 2.43 bits per heavy atom. The number of likely N-dealkylation sites (tertiary alicyclic amines) is 1. The fraction of sp³-hybridized carbons (Fsp3) is 0.353. The number of nitrogens with one attached hydrogen (secondary N) is 1. The lowest BCUT2D eigenvalue weighted by Crippen LogP contribution is -2.29. The van der Waals surface area contributed by atoms with Gasteiger partial charge in [0.05, 0.1) is 35.3 Å². The summed E-state index contributed by atoms with van der Waals surface area (Å²) in [6, 6.07) is 13.5. The van der Waals surface area contributed by atoms with Crippen molar-refractivity contribution in [2.75, 3.05) is 25.5 Å². The van der Waals surface area contributed by atoms with Crippen LogP contribution >= 0.6 is 0 Å². The summed E-state index contributed by atoms with van der Waals surface area (Å²) >= 11 is 0. The van der Waals surface area contributed by atoms with Crippen LogP contribution in [0.25, 0.3) is 27.7 Å². The Balaban J connectivity index is 1.36. The first-order valence-electron chi connectivity index (χ1n) is 15.3. The van der Waals surface area contributed by atoms with Gasteiger partial charge in [0.25, 0.3) is 11.1 Å². The molecule has 1 saturated heterocycles. The number of hydrogen-bond donors (Lipinski definition) is 2. The van der Waals surface area contributed by atoms with Crippen molar-refractivity contribution in [1.82, 2.24) is 34.7 Å². The highest BCUT2D eigenvalue weighted by atomic mass is 19.1. The molecule has 1 aliphatic heterocycles. The molecule has 0 aliphatic carbocycles. The van der Waals surface area contributed by atoms with Crippen molar-refractivity contribution in [3.05, 3.63) is 98.1 Å². The SMILES string of the molecule is CN1CCC(c2ccc(Nc3cc(-c4cccc(-n5ncc6cc(C(C)(C)C)cc(F)c6c5=O)c4CO)nn(C)c3=O)nn2)CC1. The maximum atomic E-state index is 15.3. The number of aryl methyl sites for hydroxylation is 1. The Hall–Kier alpha value is -4.81. The maximum Gasteiger partial charge on any atom is 0.290 e. The van der Waals surface area contributed by atoms with Gasteiger partial charge in [0.15, 0.2) is 5.82 Å². The van der Waals surface area contributed by atoms with Gasteiger partial charge in [-0.3, -0.25) is 9.59 Å². The van der Waals surface area contributed by atoms with Gasteiger partial charge in [-0.2, -0.15) is 20.0 Å². The molecule has 4 heterocycles. The first kappa shape index (κ1) is 31.2. The smallest absolute Gasteiger partial charge is 0.290 e. The number of fused-ring (bicyclic) bond motifs is 1. The van der Waals surface area contributed by atoms with Crippen molar-refractivity contribution in [2.45, 2.75) is 51.6 Å². The lowest BCUT2D eigenvalue weighted by atomic mass is 9.86. The van der Waals surface area contributed by atoms with Gasteiger partial charge in [-0.25, -0.2) is 9.07 Å². The van der Waals surface area contributed by atoms with E-state index in [1.807, 2.05) is 26.8 Å². The highest BCUT2D eigenvalue weighted by Crippen LogP contribution is 2.30. The average Bonchev–Trinajstić information content (AvgIpc) is 3.03. The third-order valence-corrected chi connectivity index (χ3v) is 8.67. The van der Waals surface area contributed by atoms with Crippen LogP contribution in [-0.4, -0.2) is 59.9 Å². The Kier molecular flexibility index (Phi) is 8.26. The van der Waals surface area contributed by atoms with E-state index >= 15 is 4.39 Å². The number of aliphatic hydroxyl groups is 1. The molecule has 1 fully saturated rings. The molecule has 3 aromatic heterocycles. The van der Waals surface area contributed by atoms with E-state index in [1.165, 1.54) is 24.0 Å². The van der Waals surface area contributed by atoms with Crippen molar-refractivity contribution >= 4 is 22.3 Å². The number of halogens is 1. The van der Waals surface area contributed by atoms with Crippen LogP contribution < -0.4 is 16.4 Å². The van der Waals surface area contributed by atoms with Gasteiger partial charge in [0, 0.05) is 29.5 Å². The predicted octanol–water partition coefficient (Wildman–Crippen LogP) is 4.42. The van der Waals surface area contributed by atoms with Gasteiger partial charge < -0.3 is 15.3 Å². The number of anilines is 2. The van der Waals surface area contributed by atoms with Crippen LogP contribution in [0.3, 0.4) is 0 Å². The van der Waals surface area contributed by atoms with Crippen molar-refractivity contribution in [1.29, 1.82) is 0 Å². The number of aromatic nitrogens is 6. The molecule has 5 aromatic rings. The molecule has 0 unspecified atom stereocenters. The Bertz CT molecular complexity index is 2040. The number of rotatable bonds is 6. The number of piperidine rings is 1. The summed E-state index contributed by atoms with van der Waals surface area (Å²) in [7, 11) is 3.64. The Labute approximate surface area is 265 Å². The first-order chi connectivity index (χ1) is 21.9. The average molecular weight is 625 g/mol. The molecule has 0 atom stereocenters. The maximum absolute atomic E-state index is 15.3. The predicted molar refractivity (Wildman–Crippen MR) is 175 cm³/mol. The fourth-order valence-electron chi connectivity index (χ4n) is 5.92. The molecule has 0 radical (unpaired) electrons. The van der Waals surface area contributed by atoms with Crippen molar-refractivity contribution in [2.24, 2.45) is 7.05 Å². The van der Waals surface area contributed by atoms with Crippen molar-refractivity contribution < 1.29 is 9.50 Å². The number of aliphatic hydroxyl groups excluding tert-OH is 1. The summed E-state index contributed by atoms with van der Waals surface area (Å²) in [5.74, 6) is 0.123. The molecule has 0 amide bonds. The molecular formula is C34H37FN8O3. The minimum Gasteiger partial charge on any atom is -0.392 e. The lowest BCUT2D eigenvalue weighted by Gasteiger charge is -2.28. The molecule has 11 nitrogen and oxygen atoms in total. The zero-order valence-corrected chi connectivity index (χ0v) is 26.6. The molecule has 1 aliphatic rings. The Morgan fingerprint density at radius 1 is 1.00 bits per heavy atom. The molecule has 6 rings (SSSR count). The van der Waals surface area contributed by atoms with E-state index in [4.69, 9.17) is 0 Å². The number of nitrogens with zero attached hydrogens (tertiary/aromatic N) is 7. The normalized spacial score (nSPS) is 14.6. The summed E-state index contributed by atoms with van der Waals surface area (Å²) in [5, 5.41) is 31.4. The topological polar surface area (TPSA) is 131 Å². The van der Waals surface area contributed by atoms with Crippen LogP contribution in [0.15, 0.2) is 64.3 Å². The highest BCUT2D eigenvalue weighted by Gasteiger charge is 2.22. The van der Waals surface area contributed by atoms with E-state index in [-0.39, 0.29) is 27.7 Å². The van der Waals surface area contributed by atoms with Crippen LogP contribution in [0.4, 0.5) is 15.9 Å². The fourth-order valence-corrected chi connectivity index (χ4v) is 5.92. The quantitative estimate of drug-likeness (QED) is 0.282. The largest absolute Gasteiger partial charge is 0.392 e. The second-order valence-corrected chi connectivity index (χ2v) is 12.9. The van der Waals surface area contributed by atoms with Crippen LogP contribution in [0.1, 0.15) is 56.4 Å². The first-order valence-corrected chi connectivity index (χ1v) is 15.3. The highest BCUT2D eigenvalue weighted by molar-refractivity contribution is 5.83. The van der Waals surface area contributed by atoms with Crippen LogP contribution in [0.5, 0.6) is 0 Å². The van der Waals surface area contributed by atoms with Gasteiger partial charge in [0.2, 0.25) is 0 Å². The zero-order chi connectivity index (χ0) is 32.7. The summed E-state index contributed by atoms with van der Waals surface area (Å²) < 4.78 is 17.6. The Morgan fingerprint density at radius 2 is 1.76 bits per heavy atom. The summed E-state index contributed by atoms with van der Waals surface area (Å²) in [6.07, 6.45) is 3.49. The second kappa shape index (κ2) is 12.2. The third kappa shape index (κ3) is 5.93. The van der Waals surface area contributed by atoms with E-state index in [9.17, 15) is 14.7 Å². The van der Waals surface area contributed by atoms with E-state index in [0.29, 0.717) is 33.9 Å². The van der Waals surface area contributed by atoms with Crippen molar-refractivity contribution in [3.63, 3.8) is 0 Å². The minimum atomic E-state index is -0.652. The van der Waals surface area contributed by atoms with Gasteiger partial charge in [-0.15, -0.1) is 5.10 Å². The lowest BCUT2D eigenvalue weighted by molar-refractivity contribution is 0.253. The van der Waals surface area contributed by atoms with E-state index < -0.39 is 18.0 Å². The van der Waals surface area contributed by atoms with Gasteiger partial charge >= 0.3 is 0 Å². The van der Waals surface area contributed by atoms with Crippen LogP contribution in [0, 0.1) is 5.82 Å². The van der Waals surface area contributed by atoms with Crippen LogP contribution in [0.2, 0.25) is 0 Å². The van der Waals surface area contributed by atoms with Gasteiger partial charge in [0.1, 0.15) is 11.5 Å². The molecule has 46 heavy (non-hydrogen) atoms. The number of benzene rings is 2. The molecule has 0 spiro atoms. The van der Waals surface area contributed by atoms with E-state index in [1.54, 1.807) is 36.4 Å². The monoisotopic (exact) mass is 624 g/mol. The van der Waals surface area contributed by atoms with Crippen LogP contribution in [-0.2, 0) is 19.1 Å². The van der Waals surface area contributed by atoms with Gasteiger partial charge in [-0.05, 0) is 80.4 Å². The molecule has 2 aromatic carbocycles. The van der Waals surface area contributed by atoms with E-state index in [0.717, 1.165) is 41.9 Å². The molecule has 2 N–H and O–H groups in total. The molecule has 0 bridgehead atoms. The third-order valence-electron chi connectivity index (χ3n) is 8.67. The molecular weight excluding hydrogens is 587 g/mol. The molecule has 12 heteroatoms. The second-order valence-electron chi connectivity index (χ2n) is 12.9. The summed E-state index contributed by atoms with van der Waals surface area (Å²) in [5.41, 5.74) is 1.97.